The molecule has 0 saturated heterocycles. The molecule has 0 spiro atoms. The number of hydrogen-bond donors (Lipinski definition) is 2. The molecule has 0 atom stereocenters. The summed E-state index contributed by atoms with van der Waals surface area (Å²) in [7, 11) is 0. The van der Waals surface area contributed by atoms with Crippen molar-refractivity contribution in [2.24, 2.45) is 0 Å². The zero-order valence-electron chi connectivity index (χ0n) is 18.5. The van der Waals surface area contributed by atoms with E-state index in [1.54, 1.807) is 45.5 Å². The SMILES string of the molecule is CCC[CH2][Sn][CH2]CCC.Oc1cccc2cccnc12.Oc1cccc2cccnc12. The molecule has 0 aliphatic heterocycles. The Balaban J connectivity index is 0.000000167. The molecule has 2 aromatic carbocycles. The second-order valence-electron chi connectivity index (χ2n) is 7.16. The first-order valence-electron chi connectivity index (χ1n) is 10.9. The van der Waals surface area contributed by atoms with E-state index in [2.05, 4.69) is 23.8 Å². The third kappa shape index (κ3) is 8.73. The minimum absolute atomic E-state index is 0.149. The molecular weight excluding hydrogens is 491 g/mol. The van der Waals surface area contributed by atoms with E-state index in [9.17, 15) is 10.2 Å². The molecule has 0 aliphatic carbocycles. The van der Waals surface area contributed by atoms with Crippen LogP contribution < -0.4 is 0 Å². The minimum Gasteiger partial charge on any atom is -0.506 e. The van der Waals surface area contributed by atoms with Crippen LogP contribution in [0.25, 0.3) is 21.8 Å². The second kappa shape index (κ2) is 14.6. The summed E-state index contributed by atoms with van der Waals surface area (Å²) in [6.45, 7) is 4.58. The number of para-hydroxylation sites is 2. The van der Waals surface area contributed by atoms with Gasteiger partial charge in [-0.15, -0.1) is 0 Å². The summed E-state index contributed by atoms with van der Waals surface area (Å²) in [4.78, 5) is 8.06. The van der Waals surface area contributed by atoms with Gasteiger partial charge in [-0.25, -0.2) is 0 Å². The fourth-order valence-corrected chi connectivity index (χ4v) is 7.06. The summed E-state index contributed by atoms with van der Waals surface area (Å²) in [5, 5.41) is 20.5. The van der Waals surface area contributed by atoms with E-state index in [4.69, 9.17) is 0 Å². The van der Waals surface area contributed by atoms with E-state index < -0.39 is 0 Å². The molecule has 0 fully saturated rings. The van der Waals surface area contributed by atoms with E-state index in [-0.39, 0.29) is 32.6 Å². The molecule has 31 heavy (non-hydrogen) atoms. The normalized spacial score (nSPS) is 10.1. The largest absolute Gasteiger partial charge is 0.506 e. The topological polar surface area (TPSA) is 66.2 Å². The Bertz CT molecular complexity index is 946. The second-order valence-corrected chi connectivity index (χ2v) is 11.4. The van der Waals surface area contributed by atoms with Crippen LogP contribution in [-0.4, -0.2) is 41.3 Å². The number of hydrogen-bond acceptors (Lipinski definition) is 4. The number of pyridine rings is 2. The summed E-state index contributed by atoms with van der Waals surface area (Å²) in [6, 6.07) is 18.3. The van der Waals surface area contributed by atoms with E-state index in [0.29, 0.717) is 11.0 Å². The van der Waals surface area contributed by atoms with Crippen molar-refractivity contribution >= 4 is 42.9 Å². The Hall–Kier alpha value is -2.34. The Morgan fingerprint density at radius 2 is 1.06 bits per heavy atom. The van der Waals surface area contributed by atoms with Crippen molar-refractivity contribution in [3.05, 3.63) is 73.1 Å². The molecule has 4 rings (SSSR count). The molecule has 0 aliphatic rings. The van der Waals surface area contributed by atoms with Crippen molar-refractivity contribution in [3.63, 3.8) is 0 Å². The van der Waals surface area contributed by atoms with Gasteiger partial charge in [-0.2, -0.15) is 0 Å². The average Bonchev–Trinajstić information content (AvgIpc) is 2.81. The fourth-order valence-electron chi connectivity index (χ4n) is 2.90. The molecule has 0 bridgehead atoms. The van der Waals surface area contributed by atoms with Crippen molar-refractivity contribution in [1.82, 2.24) is 9.97 Å². The van der Waals surface area contributed by atoms with Gasteiger partial charge in [0, 0.05) is 23.2 Å². The molecule has 162 valence electrons. The third-order valence-corrected chi connectivity index (χ3v) is 8.67. The van der Waals surface area contributed by atoms with Crippen LogP contribution in [0.1, 0.15) is 39.5 Å². The molecule has 0 saturated carbocycles. The zero-order chi connectivity index (χ0) is 22.3. The van der Waals surface area contributed by atoms with Crippen molar-refractivity contribution in [2.45, 2.75) is 48.4 Å². The van der Waals surface area contributed by atoms with Crippen molar-refractivity contribution in [3.8, 4) is 11.5 Å². The number of aromatic nitrogens is 2. The number of aromatic hydroxyl groups is 2. The van der Waals surface area contributed by atoms with Gasteiger partial charge in [0.2, 0.25) is 0 Å². The number of benzene rings is 2. The van der Waals surface area contributed by atoms with Gasteiger partial charge < -0.3 is 10.2 Å². The maximum absolute atomic E-state index is 9.31. The third-order valence-electron chi connectivity index (χ3n) is 4.64. The van der Waals surface area contributed by atoms with Crippen molar-refractivity contribution in [1.29, 1.82) is 0 Å². The Kier molecular flexibility index (Phi) is 11.8. The summed E-state index contributed by atoms with van der Waals surface area (Å²) in [5.41, 5.74) is 1.32. The standard InChI is InChI=1S/2C9H7NO.2C4H9.Sn/c2*11-8-5-1-3-7-4-2-6-10-9(7)8;2*1-3-4-2;/h2*1-6,11H;2*1,3-4H2,2H3;. The minimum atomic E-state index is 0.149. The van der Waals surface area contributed by atoms with E-state index >= 15 is 0 Å². The Labute approximate surface area is 195 Å². The zero-order valence-corrected chi connectivity index (χ0v) is 21.3. The predicted molar refractivity (Wildman–Crippen MR) is 132 cm³/mol. The summed E-state index contributed by atoms with van der Waals surface area (Å²) in [6.07, 6.45) is 9.18. The monoisotopic (exact) mass is 524 g/mol. The number of unbranched alkanes of at least 4 members (excludes halogenated alkanes) is 2. The number of fused-ring (bicyclic) bond motifs is 2. The van der Waals surface area contributed by atoms with Crippen molar-refractivity contribution < 1.29 is 10.2 Å². The van der Waals surface area contributed by atoms with E-state index in [0.717, 1.165) is 10.8 Å². The van der Waals surface area contributed by atoms with Crippen LogP contribution in [0, 0.1) is 0 Å². The van der Waals surface area contributed by atoms with E-state index in [1.807, 2.05) is 36.4 Å². The fraction of sp³-hybridized carbons (Fsp3) is 0.308. The van der Waals surface area contributed by atoms with Crippen molar-refractivity contribution in [2.75, 3.05) is 0 Å². The van der Waals surface area contributed by atoms with Crippen LogP contribution in [0.15, 0.2) is 73.1 Å². The molecular formula is C26H32N2O2Sn. The van der Waals surface area contributed by atoms with Gasteiger partial charge in [0.25, 0.3) is 0 Å². The van der Waals surface area contributed by atoms with Crippen LogP contribution in [-0.2, 0) is 0 Å². The van der Waals surface area contributed by atoms with Crippen LogP contribution in [0.4, 0.5) is 0 Å². The van der Waals surface area contributed by atoms with Crippen LogP contribution in [0.2, 0.25) is 8.87 Å². The number of rotatable bonds is 6. The smallest absolute Gasteiger partial charge is 0.141 e. The van der Waals surface area contributed by atoms with Gasteiger partial charge in [-0.3, -0.25) is 9.97 Å². The first kappa shape index (κ1) is 24.9. The quantitative estimate of drug-likeness (QED) is 0.211. The first-order chi connectivity index (χ1) is 15.2. The molecule has 0 amide bonds. The average molecular weight is 523 g/mol. The molecule has 2 N–H and O–H groups in total. The number of nitrogens with zero attached hydrogens (tertiary/aromatic N) is 2. The molecule has 0 unspecified atom stereocenters. The molecule has 4 aromatic rings. The van der Waals surface area contributed by atoms with Gasteiger partial charge >= 0.3 is 69.5 Å². The molecule has 5 heteroatoms. The summed E-state index contributed by atoms with van der Waals surface area (Å²) >= 11 is 0.149. The van der Waals surface area contributed by atoms with E-state index in [1.165, 1.54) is 25.7 Å². The first-order valence-corrected chi connectivity index (χ1v) is 15.0. The Morgan fingerprint density at radius 3 is 1.45 bits per heavy atom. The molecule has 4 nitrogen and oxygen atoms in total. The molecule has 2 radical (unpaired) electrons. The van der Waals surface area contributed by atoms with Gasteiger partial charge in [0.1, 0.15) is 22.5 Å². The summed E-state index contributed by atoms with van der Waals surface area (Å²) in [5.74, 6) is 0.478. The maximum Gasteiger partial charge on any atom is 0.141 e. The van der Waals surface area contributed by atoms with Crippen LogP contribution in [0.5, 0.6) is 11.5 Å². The van der Waals surface area contributed by atoms with Gasteiger partial charge in [0.05, 0.1) is 0 Å². The van der Waals surface area contributed by atoms with Crippen LogP contribution in [0.3, 0.4) is 0 Å². The van der Waals surface area contributed by atoms with Gasteiger partial charge in [-0.05, 0) is 24.3 Å². The molecule has 2 aromatic heterocycles. The van der Waals surface area contributed by atoms with Gasteiger partial charge in [-0.1, -0.05) is 36.4 Å². The maximum atomic E-state index is 9.31. The predicted octanol–water partition coefficient (Wildman–Crippen LogP) is 7.01. The molecule has 2 heterocycles. The van der Waals surface area contributed by atoms with Gasteiger partial charge in [0.15, 0.2) is 0 Å². The summed E-state index contributed by atoms with van der Waals surface area (Å²) < 4.78 is 3.25. The van der Waals surface area contributed by atoms with Crippen LogP contribution >= 0.6 is 0 Å². The number of phenols is 2. The Morgan fingerprint density at radius 1 is 0.645 bits per heavy atom. The number of phenolic OH excluding ortho intramolecular Hbond substituents is 2.